The van der Waals surface area contributed by atoms with E-state index in [1.807, 2.05) is 6.08 Å². The zero-order chi connectivity index (χ0) is 16.0. The van der Waals surface area contributed by atoms with Gasteiger partial charge in [0.2, 0.25) is 0 Å². The van der Waals surface area contributed by atoms with Gasteiger partial charge in [0.15, 0.2) is 0 Å². The molecule has 3 heteroatoms. The third-order valence-electron chi connectivity index (χ3n) is 4.32. The fraction of sp³-hybridized carbons (Fsp3) is 0.842. The van der Waals surface area contributed by atoms with Crippen molar-refractivity contribution < 1.29 is 14.6 Å². The smallest absolute Gasteiger partial charge is 0.333 e. The molecule has 1 fully saturated rings. The highest BCUT2D eigenvalue weighted by atomic mass is 16.5. The summed E-state index contributed by atoms with van der Waals surface area (Å²) in [4.78, 5) is 11.5. The maximum absolute atomic E-state index is 11.5. The Hall–Kier alpha value is -0.830. The fourth-order valence-corrected chi connectivity index (χ4v) is 2.91. The highest BCUT2D eigenvalue weighted by Gasteiger charge is 2.22. The molecule has 1 aliphatic heterocycles. The number of rotatable bonds is 12. The van der Waals surface area contributed by atoms with Crippen LogP contribution in [0.2, 0.25) is 0 Å². The number of carbonyl (C=O) groups excluding carboxylic acids is 1. The van der Waals surface area contributed by atoms with Crippen LogP contribution in [0.5, 0.6) is 0 Å². The van der Waals surface area contributed by atoms with Crippen LogP contribution in [-0.2, 0) is 9.53 Å². The zero-order valence-electron chi connectivity index (χ0n) is 14.3. The molecule has 0 spiro atoms. The van der Waals surface area contributed by atoms with Crippen molar-refractivity contribution in [3.05, 3.63) is 11.6 Å². The SMILES string of the molecule is CCCCCCCCCCCCC/C=C1\C[C@H](O)COC1=O. The van der Waals surface area contributed by atoms with E-state index in [0.717, 1.165) is 12.8 Å². The lowest BCUT2D eigenvalue weighted by atomic mass is 10.0. The van der Waals surface area contributed by atoms with Crippen LogP contribution in [-0.4, -0.2) is 23.8 Å². The van der Waals surface area contributed by atoms with E-state index >= 15 is 0 Å². The number of unbranched alkanes of at least 4 members (excludes halogenated alkanes) is 11. The number of cyclic esters (lactones) is 1. The van der Waals surface area contributed by atoms with Crippen LogP contribution in [0, 0.1) is 0 Å². The Morgan fingerprint density at radius 3 is 2.14 bits per heavy atom. The summed E-state index contributed by atoms with van der Waals surface area (Å²) in [5.41, 5.74) is 0.658. The van der Waals surface area contributed by atoms with Crippen molar-refractivity contribution in [3.8, 4) is 0 Å². The van der Waals surface area contributed by atoms with Crippen LogP contribution in [0.3, 0.4) is 0 Å². The number of hydrogen-bond donors (Lipinski definition) is 1. The lowest BCUT2D eigenvalue weighted by molar-refractivity contribution is -0.146. The molecule has 1 heterocycles. The van der Waals surface area contributed by atoms with Gasteiger partial charge in [-0.3, -0.25) is 0 Å². The zero-order valence-corrected chi connectivity index (χ0v) is 14.3. The van der Waals surface area contributed by atoms with E-state index in [0.29, 0.717) is 12.0 Å². The molecular weight excluding hydrogens is 276 g/mol. The first kappa shape index (κ1) is 19.2. The summed E-state index contributed by atoms with van der Waals surface area (Å²) in [6.45, 7) is 2.41. The van der Waals surface area contributed by atoms with Gasteiger partial charge in [0, 0.05) is 12.0 Å². The Morgan fingerprint density at radius 2 is 1.55 bits per heavy atom. The molecule has 0 amide bonds. The van der Waals surface area contributed by atoms with E-state index < -0.39 is 6.10 Å². The Morgan fingerprint density at radius 1 is 1.00 bits per heavy atom. The summed E-state index contributed by atoms with van der Waals surface area (Å²) in [5.74, 6) is -0.242. The molecular formula is C19H34O3. The minimum atomic E-state index is -0.513. The van der Waals surface area contributed by atoms with Crippen molar-refractivity contribution in [1.29, 1.82) is 0 Å². The van der Waals surface area contributed by atoms with E-state index in [4.69, 9.17) is 4.74 Å². The number of ether oxygens (including phenoxy) is 1. The van der Waals surface area contributed by atoms with Gasteiger partial charge in [-0.1, -0.05) is 77.2 Å². The van der Waals surface area contributed by atoms with Crippen LogP contribution >= 0.6 is 0 Å². The number of allylic oxidation sites excluding steroid dienone is 1. The molecule has 0 aromatic rings. The molecule has 0 radical (unpaired) electrons. The van der Waals surface area contributed by atoms with Gasteiger partial charge < -0.3 is 9.84 Å². The first-order chi connectivity index (χ1) is 10.7. The lowest BCUT2D eigenvalue weighted by Crippen LogP contribution is -2.27. The molecule has 1 saturated heterocycles. The number of aliphatic hydroxyl groups is 1. The second-order valence-corrected chi connectivity index (χ2v) is 6.51. The Balaban J connectivity index is 1.90. The van der Waals surface area contributed by atoms with Crippen LogP contribution in [0.1, 0.15) is 90.4 Å². The van der Waals surface area contributed by atoms with Gasteiger partial charge in [-0.15, -0.1) is 0 Å². The molecule has 0 bridgehead atoms. The molecule has 128 valence electrons. The van der Waals surface area contributed by atoms with Crippen LogP contribution in [0.25, 0.3) is 0 Å². The fourth-order valence-electron chi connectivity index (χ4n) is 2.91. The second kappa shape index (κ2) is 12.7. The predicted molar refractivity (Wildman–Crippen MR) is 90.7 cm³/mol. The third-order valence-corrected chi connectivity index (χ3v) is 4.32. The molecule has 1 rings (SSSR count). The van der Waals surface area contributed by atoms with Crippen LogP contribution in [0.4, 0.5) is 0 Å². The first-order valence-electron chi connectivity index (χ1n) is 9.28. The summed E-state index contributed by atoms with van der Waals surface area (Å²) in [5, 5.41) is 9.47. The minimum Gasteiger partial charge on any atom is -0.460 e. The Labute approximate surface area is 136 Å². The Kier molecular flexibility index (Phi) is 11.1. The van der Waals surface area contributed by atoms with Crippen molar-refractivity contribution >= 4 is 5.97 Å². The molecule has 0 aliphatic carbocycles. The standard InChI is InChI=1S/C19H34O3/c1-2-3-4-5-6-7-8-9-10-11-12-13-14-17-15-18(20)16-22-19(17)21/h14,18,20H,2-13,15-16H2,1H3/b17-14+/t18-/m0/s1. The molecule has 0 aromatic carbocycles. The normalized spacial score (nSPS) is 20.4. The lowest BCUT2D eigenvalue weighted by Gasteiger charge is -2.19. The molecule has 0 aromatic heterocycles. The van der Waals surface area contributed by atoms with Crippen molar-refractivity contribution in [2.45, 2.75) is 96.5 Å². The summed E-state index contributed by atoms with van der Waals surface area (Å²) < 4.78 is 4.90. The number of carbonyl (C=O) groups is 1. The Bertz CT molecular complexity index is 323. The van der Waals surface area contributed by atoms with Crippen molar-refractivity contribution in [2.24, 2.45) is 0 Å². The highest BCUT2D eigenvalue weighted by Crippen LogP contribution is 2.17. The topological polar surface area (TPSA) is 46.5 Å². The van der Waals surface area contributed by atoms with Crippen molar-refractivity contribution in [1.82, 2.24) is 0 Å². The van der Waals surface area contributed by atoms with Gasteiger partial charge in [-0.25, -0.2) is 4.79 Å². The van der Waals surface area contributed by atoms with E-state index in [1.165, 1.54) is 64.2 Å². The molecule has 1 atom stereocenters. The highest BCUT2D eigenvalue weighted by molar-refractivity contribution is 5.89. The molecule has 1 aliphatic rings. The van der Waals surface area contributed by atoms with Crippen LogP contribution in [0.15, 0.2) is 11.6 Å². The third kappa shape index (κ3) is 9.24. The number of hydrogen-bond acceptors (Lipinski definition) is 3. The van der Waals surface area contributed by atoms with Crippen LogP contribution < -0.4 is 0 Å². The van der Waals surface area contributed by atoms with Gasteiger partial charge >= 0.3 is 5.97 Å². The van der Waals surface area contributed by atoms with E-state index in [9.17, 15) is 9.90 Å². The maximum Gasteiger partial charge on any atom is 0.333 e. The molecule has 0 saturated carbocycles. The summed E-state index contributed by atoms with van der Waals surface area (Å²) in [6.07, 6.45) is 17.5. The van der Waals surface area contributed by atoms with Gasteiger partial charge in [0.25, 0.3) is 0 Å². The van der Waals surface area contributed by atoms with Crippen molar-refractivity contribution in [3.63, 3.8) is 0 Å². The predicted octanol–water partition coefficient (Wildman–Crippen LogP) is 4.92. The largest absolute Gasteiger partial charge is 0.460 e. The van der Waals surface area contributed by atoms with Crippen molar-refractivity contribution in [2.75, 3.05) is 6.61 Å². The maximum atomic E-state index is 11.5. The summed E-state index contributed by atoms with van der Waals surface area (Å²) in [7, 11) is 0. The number of esters is 1. The second-order valence-electron chi connectivity index (χ2n) is 6.51. The monoisotopic (exact) mass is 310 g/mol. The van der Waals surface area contributed by atoms with Gasteiger partial charge in [-0.05, 0) is 12.8 Å². The molecule has 0 unspecified atom stereocenters. The minimum absolute atomic E-state index is 0.147. The molecule has 22 heavy (non-hydrogen) atoms. The summed E-state index contributed by atoms with van der Waals surface area (Å²) >= 11 is 0. The van der Waals surface area contributed by atoms with Gasteiger partial charge in [-0.2, -0.15) is 0 Å². The van der Waals surface area contributed by atoms with E-state index in [2.05, 4.69) is 6.92 Å². The van der Waals surface area contributed by atoms with E-state index in [1.54, 1.807) is 0 Å². The molecule has 3 nitrogen and oxygen atoms in total. The average Bonchev–Trinajstić information content (AvgIpc) is 2.51. The summed E-state index contributed by atoms with van der Waals surface area (Å²) in [6, 6.07) is 0. The average molecular weight is 310 g/mol. The number of aliphatic hydroxyl groups excluding tert-OH is 1. The van der Waals surface area contributed by atoms with E-state index in [-0.39, 0.29) is 12.6 Å². The van der Waals surface area contributed by atoms with Gasteiger partial charge in [0.1, 0.15) is 6.61 Å². The van der Waals surface area contributed by atoms with Gasteiger partial charge in [0.05, 0.1) is 6.10 Å². The quantitative estimate of drug-likeness (QED) is 0.316. The first-order valence-corrected chi connectivity index (χ1v) is 9.28. The molecule has 1 N–H and O–H groups in total.